The van der Waals surface area contributed by atoms with Crippen LogP contribution in [0.2, 0.25) is 0 Å². The van der Waals surface area contributed by atoms with Crippen LogP contribution in [0.4, 0.5) is 17.1 Å². The third kappa shape index (κ3) is 5.11. The number of hydrogen-bond donors (Lipinski definition) is 0. The van der Waals surface area contributed by atoms with Crippen molar-refractivity contribution in [3.63, 3.8) is 0 Å². The molecule has 0 fully saturated rings. The highest BCUT2D eigenvalue weighted by atomic mass is 16.3. The molecular formula is C51H33N3O. The van der Waals surface area contributed by atoms with Crippen molar-refractivity contribution < 1.29 is 4.42 Å². The first-order valence-corrected chi connectivity index (χ1v) is 18.6. The summed E-state index contributed by atoms with van der Waals surface area (Å²) >= 11 is 0. The molecule has 4 heteroatoms. The average Bonchev–Trinajstić information content (AvgIpc) is 3.80. The van der Waals surface area contributed by atoms with Gasteiger partial charge in [0.05, 0.1) is 16.7 Å². The molecule has 55 heavy (non-hydrogen) atoms. The van der Waals surface area contributed by atoms with Crippen molar-refractivity contribution >= 4 is 71.6 Å². The Morgan fingerprint density at radius 1 is 0.418 bits per heavy atom. The van der Waals surface area contributed by atoms with Crippen LogP contribution in [-0.2, 0) is 0 Å². The van der Waals surface area contributed by atoms with Crippen molar-refractivity contribution in [1.82, 2.24) is 9.55 Å². The highest BCUT2D eigenvalue weighted by Gasteiger charge is 2.19. The van der Waals surface area contributed by atoms with Gasteiger partial charge in [0.25, 0.3) is 0 Å². The SMILES string of the molecule is c1ccc(-c2cccc(N(c3ccc(-c4nccc5c4oc4ccccc45)cc3)c3ccc4cccc(-n5c6ccccc6c6ccccc65)c4c3)c2)cc1. The minimum Gasteiger partial charge on any atom is -0.454 e. The second-order valence-corrected chi connectivity index (χ2v) is 14.0. The minimum atomic E-state index is 0.802. The highest BCUT2D eigenvalue weighted by Crippen LogP contribution is 2.42. The van der Waals surface area contributed by atoms with Crippen molar-refractivity contribution in [2.75, 3.05) is 4.90 Å². The van der Waals surface area contributed by atoms with E-state index in [2.05, 4.69) is 179 Å². The van der Waals surface area contributed by atoms with Crippen LogP contribution in [0.15, 0.2) is 205 Å². The zero-order chi connectivity index (χ0) is 36.3. The van der Waals surface area contributed by atoms with E-state index >= 15 is 0 Å². The summed E-state index contributed by atoms with van der Waals surface area (Å²) in [5, 5.41) is 7.02. The predicted octanol–water partition coefficient (Wildman–Crippen LogP) is 14.0. The molecule has 0 atom stereocenters. The van der Waals surface area contributed by atoms with Crippen molar-refractivity contribution in [3.05, 3.63) is 200 Å². The van der Waals surface area contributed by atoms with Gasteiger partial charge in [-0.25, -0.2) is 0 Å². The number of anilines is 3. The minimum absolute atomic E-state index is 0.802. The Kier molecular flexibility index (Phi) is 7.14. The predicted molar refractivity (Wildman–Crippen MR) is 229 cm³/mol. The first kappa shape index (κ1) is 31.1. The van der Waals surface area contributed by atoms with Gasteiger partial charge < -0.3 is 13.9 Å². The number of rotatable bonds is 6. The van der Waals surface area contributed by atoms with Crippen LogP contribution in [0.1, 0.15) is 0 Å². The molecule has 8 aromatic carbocycles. The van der Waals surface area contributed by atoms with Gasteiger partial charge in [-0.15, -0.1) is 0 Å². The number of furan rings is 1. The van der Waals surface area contributed by atoms with Gasteiger partial charge in [-0.3, -0.25) is 4.98 Å². The third-order valence-electron chi connectivity index (χ3n) is 10.8. The number of para-hydroxylation sites is 3. The first-order chi connectivity index (χ1) is 27.3. The Bertz CT molecular complexity index is 3160. The Balaban J connectivity index is 1.10. The van der Waals surface area contributed by atoms with Crippen molar-refractivity contribution in [1.29, 1.82) is 0 Å². The summed E-state index contributed by atoms with van der Waals surface area (Å²) in [5.74, 6) is 0. The second-order valence-electron chi connectivity index (χ2n) is 14.0. The van der Waals surface area contributed by atoms with Crippen molar-refractivity contribution in [3.8, 4) is 28.1 Å². The van der Waals surface area contributed by atoms with E-state index in [0.29, 0.717) is 0 Å². The Morgan fingerprint density at radius 2 is 1.07 bits per heavy atom. The molecule has 0 spiro atoms. The lowest BCUT2D eigenvalue weighted by Crippen LogP contribution is -2.10. The number of pyridine rings is 1. The number of nitrogens with zero attached hydrogens (tertiary/aromatic N) is 3. The van der Waals surface area contributed by atoms with Crippen molar-refractivity contribution in [2.45, 2.75) is 0 Å². The van der Waals surface area contributed by atoms with Crippen LogP contribution in [0, 0.1) is 0 Å². The molecule has 0 aliphatic carbocycles. The summed E-state index contributed by atoms with van der Waals surface area (Å²) in [6.07, 6.45) is 1.87. The molecule has 0 saturated heterocycles. The number of benzene rings is 8. The molecule has 0 aliphatic rings. The van der Waals surface area contributed by atoms with Gasteiger partial charge in [0, 0.05) is 55.8 Å². The summed E-state index contributed by atoms with van der Waals surface area (Å²) in [4.78, 5) is 7.16. The summed E-state index contributed by atoms with van der Waals surface area (Å²) in [7, 11) is 0. The highest BCUT2D eigenvalue weighted by molar-refractivity contribution is 6.11. The summed E-state index contributed by atoms with van der Waals surface area (Å²) in [5.41, 5.74) is 12.5. The first-order valence-electron chi connectivity index (χ1n) is 18.6. The maximum atomic E-state index is 6.37. The van der Waals surface area contributed by atoms with E-state index in [1.807, 2.05) is 30.5 Å². The van der Waals surface area contributed by atoms with E-state index in [-0.39, 0.29) is 0 Å². The van der Waals surface area contributed by atoms with E-state index < -0.39 is 0 Å². The van der Waals surface area contributed by atoms with E-state index in [9.17, 15) is 0 Å². The van der Waals surface area contributed by atoms with Gasteiger partial charge in [-0.1, -0.05) is 127 Å². The molecule has 4 nitrogen and oxygen atoms in total. The van der Waals surface area contributed by atoms with Crippen LogP contribution >= 0.6 is 0 Å². The van der Waals surface area contributed by atoms with E-state index in [1.165, 1.54) is 38.1 Å². The van der Waals surface area contributed by atoms with E-state index in [4.69, 9.17) is 9.40 Å². The number of hydrogen-bond acceptors (Lipinski definition) is 3. The van der Waals surface area contributed by atoms with Gasteiger partial charge in [0.2, 0.25) is 0 Å². The monoisotopic (exact) mass is 703 g/mol. The van der Waals surface area contributed by atoms with Gasteiger partial charge in [0.15, 0.2) is 5.58 Å². The fraction of sp³-hybridized carbons (Fsp3) is 0. The van der Waals surface area contributed by atoms with Gasteiger partial charge in [-0.05, 0) is 83.2 Å². The Labute approximate surface area is 317 Å². The lowest BCUT2D eigenvalue weighted by atomic mass is 10.0. The summed E-state index contributed by atoms with van der Waals surface area (Å²) in [6.45, 7) is 0. The largest absolute Gasteiger partial charge is 0.454 e. The molecule has 3 heterocycles. The maximum Gasteiger partial charge on any atom is 0.161 e. The third-order valence-corrected chi connectivity index (χ3v) is 10.8. The topological polar surface area (TPSA) is 34.2 Å². The molecule has 0 saturated carbocycles. The zero-order valence-electron chi connectivity index (χ0n) is 29.8. The molecule has 0 N–H and O–H groups in total. The normalized spacial score (nSPS) is 11.6. The summed E-state index contributed by atoms with van der Waals surface area (Å²) in [6, 6.07) is 69.1. The standard InChI is InChI=1S/C51H33N3O/c1-2-12-34(13-3-1)37-15-10-16-39(32-37)53(38-27-25-36(26-28-38)50-51-44(30-31-52-50)43-19-6-9-23-49(43)55-51)40-29-24-35-14-11-22-48(45(35)33-40)54-46-20-7-4-17-41(46)42-18-5-8-21-47(42)54/h1-33H. The second kappa shape index (κ2) is 12.6. The molecule has 0 radical (unpaired) electrons. The molecule has 0 bridgehead atoms. The molecule has 258 valence electrons. The zero-order valence-corrected chi connectivity index (χ0v) is 29.8. The van der Waals surface area contributed by atoms with Gasteiger partial charge >= 0.3 is 0 Å². The summed E-state index contributed by atoms with van der Waals surface area (Å²) < 4.78 is 8.79. The van der Waals surface area contributed by atoms with Crippen LogP contribution in [-0.4, -0.2) is 9.55 Å². The van der Waals surface area contributed by atoms with Gasteiger partial charge in [-0.2, -0.15) is 0 Å². The quantitative estimate of drug-likeness (QED) is 0.173. The lowest BCUT2D eigenvalue weighted by molar-refractivity contribution is 0.668. The molecule has 0 amide bonds. The van der Waals surface area contributed by atoms with Crippen LogP contribution in [0.3, 0.4) is 0 Å². The van der Waals surface area contributed by atoms with Crippen LogP contribution < -0.4 is 4.90 Å². The molecule has 0 aliphatic heterocycles. The molecule has 11 rings (SSSR count). The lowest BCUT2D eigenvalue weighted by Gasteiger charge is -2.27. The molecule has 11 aromatic rings. The Hall–Kier alpha value is -7.43. The molecule has 3 aromatic heterocycles. The Morgan fingerprint density at radius 3 is 1.87 bits per heavy atom. The smallest absolute Gasteiger partial charge is 0.161 e. The molecular weight excluding hydrogens is 671 g/mol. The number of aromatic nitrogens is 2. The van der Waals surface area contributed by atoms with E-state index in [0.717, 1.165) is 61.5 Å². The van der Waals surface area contributed by atoms with Gasteiger partial charge in [0.1, 0.15) is 11.3 Å². The fourth-order valence-electron chi connectivity index (χ4n) is 8.29. The fourth-order valence-corrected chi connectivity index (χ4v) is 8.29. The van der Waals surface area contributed by atoms with Crippen molar-refractivity contribution in [2.24, 2.45) is 0 Å². The van der Waals surface area contributed by atoms with E-state index in [1.54, 1.807) is 0 Å². The molecule has 0 unspecified atom stereocenters. The van der Waals surface area contributed by atoms with Crippen LogP contribution in [0.25, 0.3) is 82.6 Å². The van der Waals surface area contributed by atoms with Crippen LogP contribution in [0.5, 0.6) is 0 Å². The maximum absolute atomic E-state index is 6.37. The number of fused-ring (bicyclic) bond motifs is 7. The average molecular weight is 704 g/mol.